The number of para-hydroxylation sites is 3. The van der Waals surface area contributed by atoms with E-state index < -0.39 is 6.17 Å². The molecule has 1 aliphatic heterocycles. The molecule has 0 saturated carbocycles. The first-order chi connectivity index (χ1) is 33.7. The molecule has 318 valence electrons. The maximum Gasteiger partial charge on any atom is 0.159 e. The fourth-order valence-corrected chi connectivity index (χ4v) is 11.8. The number of furan rings is 2. The summed E-state index contributed by atoms with van der Waals surface area (Å²) < 4.78 is 17.5. The molecule has 1 unspecified atom stereocenters. The zero-order chi connectivity index (χ0) is 44.5. The summed E-state index contributed by atoms with van der Waals surface area (Å²) in [5.41, 5.74) is 11.9. The van der Waals surface area contributed by atoms with Crippen LogP contribution >= 0.6 is 11.3 Å². The summed E-state index contributed by atoms with van der Waals surface area (Å²) in [6, 6.07) is 73.5. The van der Waals surface area contributed by atoms with Gasteiger partial charge in [0, 0.05) is 69.2 Å². The Hall–Kier alpha value is -8.78. The van der Waals surface area contributed by atoms with Crippen molar-refractivity contribution in [3.63, 3.8) is 0 Å². The number of thiophene rings is 1. The number of rotatable bonds is 5. The van der Waals surface area contributed by atoms with Crippen molar-refractivity contribution in [2.24, 2.45) is 9.98 Å². The predicted octanol–water partition coefficient (Wildman–Crippen LogP) is 16.3. The zero-order valence-electron chi connectivity index (χ0n) is 36.3. The summed E-state index contributed by atoms with van der Waals surface area (Å²) in [6.07, 6.45) is -0.453. The van der Waals surface area contributed by atoms with Crippen LogP contribution in [0.1, 0.15) is 22.9 Å². The number of benzene rings is 10. The van der Waals surface area contributed by atoms with Gasteiger partial charge >= 0.3 is 0 Å². The Kier molecular flexibility index (Phi) is 7.91. The molecule has 1 N–H and O–H groups in total. The van der Waals surface area contributed by atoms with Crippen molar-refractivity contribution in [2.75, 3.05) is 0 Å². The van der Waals surface area contributed by atoms with E-state index in [4.69, 9.17) is 18.8 Å². The molecule has 14 aromatic rings. The van der Waals surface area contributed by atoms with Gasteiger partial charge in [-0.2, -0.15) is 0 Å². The second-order valence-electron chi connectivity index (χ2n) is 17.7. The summed E-state index contributed by atoms with van der Waals surface area (Å²) >= 11 is 1.84. The summed E-state index contributed by atoms with van der Waals surface area (Å²) in [6.45, 7) is 0. The van der Waals surface area contributed by atoms with Crippen molar-refractivity contribution in [1.82, 2.24) is 9.88 Å². The van der Waals surface area contributed by atoms with E-state index in [0.717, 1.165) is 94.3 Å². The molecule has 0 radical (unpaired) electrons. The third-order valence-corrected chi connectivity index (χ3v) is 15.0. The van der Waals surface area contributed by atoms with E-state index >= 15 is 0 Å². The van der Waals surface area contributed by atoms with Crippen molar-refractivity contribution in [1.29, 1.82) is 0 Å². The lowest BCUT2D eigenvalue weighted by Gasteiger charge is -2.24. The van der Waals surface area contributed by atoms with Crippen LogP contribution in [0.4, 0.5) is 0 Å². The molecule has 4 aromatic heterocycles. The third kappa shape index (κ3) is 5.63. The van der Waals surface area contributed by atoms with Crippen LogP contribution < -0.4 is 5.32 Å². The highest BCUT2D eigenvalue weighted by Gasteiger charge is 2.26. The van der Waals surface area contributed by atoms with Gasteiger partial charge in [0.05, 0.1) is 16.7 Å². The Morgan fingerprint density at radius 3 is 1.91 bits per heavy atom. The molecular formula is C61H36N4O2S. The highest BCUT2D eigenvalue weighted by molar-refractivity contribution is 7.25. The van der Waals surface area contributed by atoms with Gasteiger partial charge in [0.2, 0.25) is 0 Å². The molecule has 0 fully saturated rings. The van der Waals surface area contributed by atoms with Crippen LogP contribution in [0.3, 0.4) is 0 Å². The van der Waals surface area contributed by atoms with Crippen LogP contribution in [-0.2, 0) is 0 Å². The summed E-state index contributed by atoms with van der Waals surface area (Å²) in [4.78, 5) is 10.9. The molecule has 1 atom stereocenters. The molecule has 0 saturated heterocycles. The molecule has 0 aliphatic carbocycles. The van der Waals surface area contributed by atoms with E-state index in [2.05, 4.69) is 186 Å². The number of fused-ring (bicyclic) bond motifs is 13. The first-order valence-electron chi connectivity index (χ1n) is 22.9. The first kappa shape index (κ1) is 37.4. The molecule has 0 amide bonds. The largest absolute Gasteiger partial charge is 0.456 e. The Bertz CT molecular complexity index is 4510. The quantitative estimate of drug-likeness (QED) is 0.187. The number of hydrogen-bond donors (Lipinski definition) is 1. The van der Waals surface area contributed by atoms with E-state index in [1.807, 2.05) is 41.7 Å². The lowest BCUT2D eigenvalue weighted by molar-refractivity contribution is 0.663. The molecule has 15 rings (SSSR count). The minimum atomic E-state index is -0.453. The van der Waals surface area contributed by atoms with E-state index in [1.165, 1.54) is 41.7 Å². The minimum absolute atomic E-state index is 0.453. The Morgan fingerprint density at radius 1 is 0.441 bits per heavy atom. The summed E-state index contributed by atoms with van der Waals surface area (Å²) in [7, 11) is 0. The van der Waals surface area contributed by atoms with Gasteiger partial charge in [0.1, 0.15) is 34.3 Å². The van der Waals surface area contributed by atoms with Gasteiger partial charge < -0.3 is 18.7 Å². The maximum absolute atomic E-state index is 6.28. The zero-order valence-corrected chi connectivity index (χ0v) is 37.1. The molecular weight excluding hydrogens is 853 g/mol. The molecule has 7 heteroatoms. The highest BCUT2D eigenvalue weighted by Crippen LogP contribution is 2.45. The monoisotopic (exact) mass is 888 g/mol. The van der Waals surface area contributed by atoms with E-state index in [0.29, 0.717) is 5.84 Å². The van der Waals surface area contributed by atoms with Gasteiger partial charge in [0.15, 0.2) is 5.84 Å². The second-order valence-corrected chi connectivity index (χ2v) is 18.8. The number of nitrogens with zero attached hydrogens (tertiary/aromatic N) is 3. The SMILES string of the molecule is c1ccc2cc3c(cc2c1)c1ccccc1n3-c1ccc(C2=NC(c3ccc4oc5ccccc5c4c3)NC(c3ccc4oc5ccccc5c4c3)=N2)cc1-c1cccc2sc3ccccc3c12. The molecule has 10 aromatic carbocycles. The van der Waals surface area contributed by atoms with Gasteiger partial charge in [-0.05, 0) is 113 Å². The second kappa shape index (κ2) is 14.4. The molecule has 6 nitrogen and oxygen atoms in total. The fourth-order valence-electron chi connectivity index (χ4n) is 10.7. The highest BCUT2D eigenvalue weighted by atomic mass is 32.1. The van der Waals surface area contributed by atoms with Gasteiger partial charge in [-0.1, -0.05) is 115 Å². The topological polar surface area (TPSA) is 68.0 Å². The Morgan fingerprint density at radius 2 is 1.09 bits per heavy atom. The number of nitrogens with one attached hydrogen (secondary N) is 1. The van der Waals surface area contributed by atoms with Crippen LogP contribution in [0.2, 0.25) is 0 Å². The molecule has 68 heavy (non-hydrogen) atoms. The lowest BCUT2D eigenvalue weighted by Crippen LogP contribution is -2.33. The lowest BCUT2D eigenvalue weighted by atomic mass is 9.95. The Balaban J connectivity index is 0.989. The van der Waals surface area contributed by atoms with Gasteiger partial charge in [-0.3, -0.25) is 0 Å². The maximum atomic E-state index is 6.28. The summed E-state index contributed by atoms with van der Waals surface area (Å²) in [5.74, 6) is 1.37. The Labute approximate surface area is 392 Å². The number of hydrogen-bond acceptors (Lipinski definition) is 6. The average Bonchev–Trinajstić information content (AvgIpc) is 4.16. The van der Waals surface area contributed by atoms with Gasteiger partial charge in [0.25, 0.3) is 0 Å². The number of aromatic nitrogens is 1. The molecule has 1 aliphatic rings. The average molecular weight is 889 g/mol. The summed E-state index contributed by atoms with van der Waals surface area (Å²) in [5, 5.41) is 15.3. The van der Waals surface area contributed by atoms with Gasteiger partial charge in [-0.15, -0.1) is 11.3 Å². The van der Waals surface area contributed by atoms with Crippen molar-refractivity contribution < 1.29 is 8.83 Å². The van der Waals surface area contributed by atoms with Crippen LogP contribution in [0.5, 0.6) is 0 Å². The number of amidine groups is 2. The van der Waals surface area contributed by atoms with Crippen LogP contribution in [0.25, 0.3) is 113 Å². The van der Waals surface area contributed by atoms with E-state index in [1.54, 1.807) is 0 Å². The fraction of sp³-hybridized carbons (Fsp3) is 0.0164. The van der Waals surface area contributed by atoms with E-state index in [-0.39, 0.29) is 0 Å². The van der Waals surface area contributed by atoms with Crippen LogP contribution in [0.15, 0.2) is 225 Å². The predicted molar refractivity (Wildman–Crippen MR) is 283 cm³/mol. The van der Waals surface area contributed by atoms with Crippen LogP contribution in [-0.4, -0.2) is 16.2 Å². The van der Waals surface area contributed by atoms with E-state index in [9.17, 15) is 0 Å². The first-order valence-corrected chi connectivity index (χ1v) is 23.7. The van der Waals surface area contributed by atoms with Crippen molar-refractivity contribution in [2.45, 2.75) is 6.17 Å². The van der Waals surface area contributed by atoms with Gasteiger partial charge in [-0.25, -0.2) is 9.98 Å². The number of aliphatic imine (C=N–C) groups is 2. The molecule has 5 heterocycles. The van der Waals surface area contributed by atoms with Crippen molar-refractivity contribution in [3.8, 4) is 16.8 Å². The normalized spacial score (nSPS) is 14.3. The minimum Gasteiger partial charge on any atom is -0.456 e. The standard InChI is InChI=1S/C61H36N4O2S/c1-2-13-36-34-51-45(30-35(36)12-1)40-14-3-7-19-49(40)65(51)50-27-24-37(31-46(50)43-18-11-23-57-58(43)44-17-6-10-22-56(44)68-57)59-62-60(38-25-28-54-47(32-38)41-15-4-8-20-52(41)66-54)64-61(63-59)39-26-29-55-48(33-39)42-16-5-9-21-53(42)67-55/h1-34,60H,(H,62,63,64). The van der Waals surface area contributed by atoms with Crippen LogP contribution in [0, 0.1) is 0 Å². The third-order valence-electron chi connectivity index (χ3n) is 13.8. The molecule has 0 spiro atoms. The molecule has 0 bridgehead atoms. The van der Waals surface area contributed by atoms with Crippen molar-refractivity contribution >= 4 is 120 Å². The van der Waals surface area contributed by atoms with Crippen molar-refractivity contribution in [3.05, 3.63) is 223 Å². The smallest absolute Gasteiger partial charge is 0.159 e.